The number of hydrogen-bond donors (Lipinski definition) is 2. The summed E-state index contributed by atoms with van der Waals surface area (Å²) >= 11 is 4.99. The van der Waals surface area contributed by atoms with E-state index in [-0.39, 0.29) is 24.4 Å². The molecule has 2 aromatic rings. The number of nitrogens with zero attached hydrogens (tertiary/aromatic N) is 1. The molecule has 1 fully saturated rings. The van der Waals surface area contributed by atoms with Gasteiger partial charge in [0.1, 0.15) is 12.1 Å². The van der Waals surface area contributed by atoms with Gasteiger partial charge in [0.15, 0.2) is 0 Å². The van der Waals surface area contributed by atoms with Gasteiger partial charge < -0.3 is 10.6 Å². The molecule has 4 amide bonds. The summed E-state index contributed by atoms with van der Waals surface area (Å²) in [6.07, 6.45) is 2.32. The van der Waals surface area contributed by atoms with Crippen LogP contribution in [0.4, 0.5) is 4.79 Å². The fraction of sp³-hybridized carbons (Fsp3) is 0.350. The van der Waals surface area contributed by atoms with E-state index in [1.54, 1.807) is 11.3 Å². The molecule has 0 radical (unpaired) electrons. The minimum absolute atomic E-state index is 0.228. The van der Waals surface area contributed by atoms with E-state index in [2.05, 4.69) is 26.6 Å². The summed E-state index contributed by atoms with van der Waals surface area (Å²) in [6, 6.07) is 8.82. The van der Waals surface area contributed by atoms with Crippen LogP contribution in [0.15, 0.2) is 40.2 Å². The van der Waals surface area contributed by atoms with Crippen LogP contribution >= 0.6 is 27.3 Å². The Morgan fingerprint density at radius 1 is 1.32 bits per heavy atom. The number of rotatable bonds is 4. The van der Waals surface area contributed by atoms with Crippen molar-refractivity contribution >= 4 is 45.1 Å². The highest BCUT2D eigenvalue weighted by molar-refractivity contribution is 9.10. The molecule has 2 atom stereocenters. The topological polar surface area (TPSA) is 78.5 Å². The second kappa shape index (κ2) is 7.33. The van der Waals surface area contributed by atoms with E-state index in [1.165, 1.54) is 0 Å². The van der Waals surface area contributed by atoms with Crippen molar-refractivity contribution < 1.29 is 14.4 Å². The van der Waals surface area contributed by atoms with E-state index in [4.69, 9.17) is 0 Å². The normalized spacial score (nSPS) is 22.1. The van der Waals surface area contributed by atoms with Gasteiger partial charge >= 0.3 is 6.03 Å². The summed E-state index contributed by atoms with van der Waals surface area (Å²) in [5, 5.41) is 7.68. The van der Waals surface area contributed by atoms with Crippen LogP contribution in [-0.4, -0.2) is 29.3 Å². The van der Waals surface area contributed by atoms with Crippen LogP contribution < -0.4 is 10.6 Å². The molecule has 0 bridgehead atoms. The van der Waals surface area contributed by atoms with Gasteiger partial charge in [-0.2, -0.15) is 0 Å². The largest absolute Gasteiger partial charge is 0.348 e. The maximum Gasteiger partial charge on any atom is 0.325 e. The standard InChI is InChI=1S/C20H20BrN3O3S/c1-12(13-4-6-14(21)7-5-13)22-17(25)11-24-18(26)20(23-19(24)27)9-2-3-16-15(20)8-10-28-16/h4-8,10,12H,2-3,9,11H2,1H3,(H,22,25)(H,23,27). The predicted octanol–water partition coefficient (Wildman–Crippen LogP) is 3.47. The number of thiophene rings is 1. The fourth-order valence-electron chi connectivity index (χ4n) is 3.95. The summed E-state index contributed by atoms with van der Waals surface area (Å²) in [5.74, 6) is -0.694. The first-order valence-corrected chi connectivity index (χ1v) is 10.8. The van der Waals surface area contributed by atoms with Crippen molar-refractivity contribution in [2.45, 2.75) is 37.8 Å². The van der Waals surface area contributed by atoms with E-state index in [9.17, 15) is 14.4 Å². The van der Waals surface area contributed by atoms with Crippen LogP contribution in [0.25, 0.3) is 0 Å². The highest BCUT2D eigenvalue weighted by Gasteiger charge is 2.54. The maximum absolute atomic E-state index is 13.1. The molecular formula is C20H20BrN3O3S. The fourth-order valence-corrected chi connectivity index (χ4v) is 5.21. The number of halogens is 1. The molecule has 1 aromatic heterocycles. The zero-order chi connectivity index (χ0) is 19.9. The lowest BCUT2D eigenvalue weighted by Crippen LogP contribution is -2.47. The van der Waals surface area contributed by atoms with Crippen molar-refractivity contribution in [2.75, 3.05) is 6.54 Å². The average molecular weight is 462 g/mol. The van der Waals surface area contributed by atoms with Gasteiger partial charge in [0.25, 0.3) is 5.91 Å². The summed E-state index contributed by atoms with van der Waals surface area (Å²) in [4.78, 5) is 40.4. The van der Waals surface area contributed by atoms with Crippen LogP contribution in [0.2, 0.25) is 0 Å². The van der Waals surface area contributed by atoms with Gasteiger partial charge in [-0.3, -0.25) is 14.5 Å². The SMILES string of the molecule is CC(NC(=O)CN1C(=O)NC2(CCCc3sccc32)C1=O)c1ccc(Br)cc1. The number of carbonyl (C=O) groups excluding carboxylic acids is 3. The van der Waals surface area contributed by atoms with Crippen molar-refractivity contribution in [3.05, 3.63) is 56.2 Å². The number of amides is 4. The molecule has 1 saturated heterocycles. The van der Waals surface area contributed by atoms with Crippen LogP contribution in [0.1, 0.15) is 41.8 Å². The zero-order valence-electron chi connectivity index (χ0n) is 15.3. The van der Waals surface area contributed by atoms with Crippen molar-refractivity contribution in [1.29, 1.82) is 0 Å². The van der Waals surface area contributed by atoms with Gasteiger partial charge in [-0.05, 0) is 55.3 Å². The number of nitrogens with one attached hydrogen (secondary N) is 2. The van der Waals surface area contributed by atoms with Crippen LogP contribution in [-0.2, 0) is 21.5 Å². The number of imide groups is 1. The minimum atomic E-state index is -1.01. The molecule has 28 heavy (non-hydrogen) atoms. The molecular weight excluding hydrogens is 442 g/mol. The van der Waals surface area contributed by atoms with E-state index in [1.807, 2.05) is 42.6 Å². The molecule has 6 nitrogen and oxygen atoms in total. The van der Waals surface area contributed by atoms with Crippen molar-refractivity contribution in [1.82, 2.24) is 15.5 Å². The number of urea groups is 1. The molecule has 1 aliphatic heterocycles. The Morgan fingerprint density at radius 3 is 2.82 bits per heavy atom. The molecule has 1 aromatic carbocycles. The van der Waals surface area contributed by atoms with Gasteiger partial charge in [-0.15, -0.1) is 11.3 Å². The zero-order valence-corrected chi connectivity index (χ0v) is 17.7. The minimum Gasteiger partial charge on any atom is -0.348 e. The lowest BCUT2D eigenvalue weighted by Gasteiger charge is -2.31. The summed E-state index contributed by atoms with van der Waals surface area (Å²) in [7, 11) is 0. The van der Waals surface area contributed by atoms with Gasteiger partial charge in [0, 0.05) is 14.9 Å². The van der Waals surface area contributed by atoms with E-state index >= 15 is 0 Å². The Kier molecular flexibility index (Phi) is 5.01. The number of carbonyl (C=O) groups is 3. The molecule has 4 rings (SSSR count). The number of benzene rings is 1. The third-order valence-corrected chi connectivity index (χ3v) is 6.90. The van der Waals surface area contributed by atoms with Gasteiger partial charge in [0.2, 0.25) is 5.91 Å². The van der Waals surface area contributed by atoms with E-state index < -0.39 is 11.6 Å². The lowest BCUT2D eigenvalue weighted by molar-refractivity contribution is -0.135. The Balaban J connectivity index is 1.47. The van der Waals surface area contributed by atoms with Crippen molar-refractivity contribution in [2.24, 2.45) is 0 Å². The molecule has 146 valence electrons. The Hall–Kier alpha value is -2.19. The molecule has 0 saturated carbocycles. The Morgan fingerprint density at radius 2 is 2.07 bits per heavy atom. The molecule has 1 aliphatic carbocycles. The van der Waals surface area contributed by atoms with E-state index in [0.717, 1.165) is 38.2 Å². The summed E-state index contributed by atoms with van der Waals surface area (Å²) < 4.78 is 0.958. The lowest BCUT2D eigenvalue weighted by atomic mass is 9.80. The van der Waals surface area contributed by atoms with E-state index in [0.29, 0.717) is 6.42 Å². The Labute approximate surface area is 175 Å². The summed E-state index contributed by atoms with van der Waals surface area (Å²) in [6.45, 7) is 1.58. The molecule has 2 unspecified atom stereocenters. The average Bonchev–Trinajstić information content (AvgIpc) is 3.23. The Bertz CT molecular complexity index is 942. The third-order valence-electron chi connectivity index (χ3n) is 5.39. The number of fused-ring (bicyclic) bond motifs is 2. The summed E-state index contributed by atoms with van der Waals surface area (Å²) in [5.41, 5.74) is 0.816. The highest BCUT2D eigenvalue weighted by Crippen LogP contribution is 2.42. The molecule has 8 heteroatoms. The van der Waals surface area contributed by atoms with Crippen LogP contribution in [0.5, 0.6) is 0 Å². The second-order valence-corrected chi connectivity index (χ2v) is 9.09. The van der Waals surface area contributed by atoms with Crippen LogP contribution in [0, 0.1) is 0 Å². The predicted molar refractivity (Wildman–Crippen MR) is 110 cm³/mol. The number of aryl methyl sites for hydroxylation is 1. The van der Waals surface area contributed by atoms with Crippen molar-refractivity contribution in [3.63, 3.8) is 0 Å². The molecule has 2 heterocycles. The smallest absolute Gasteiger partial charge is 0.325 e. The first-order chi connectivity index (χ1) is 13.4. The first kappa shape index (κ1) is 19.1. The van der Waals surface area contributed by atoms with Crippen LogP contribution in [0.3, 0.4) is 0 Å². The van der Waals surface area contributed by atoms with Gasteiger partial charge in [-0.1, -0.05) is 28.1 Å². The molecule has 2 N–H and O–H groups in total. The highest BCUT2D eigenvalue weighted by atomic mass is 79.9. The van der Waals surface area contributed by atoms with Crippen molar-refractivity contribution in [3.8, 4) is 0 Å². The first-order valence-electron chi connectivity index (χ1n) is 9.16. The monoisotopic (exact) mass is 461 g/mol. The maximum atomic E-state index is 13.1. The second-order valence-electron chi connectivity index (χ2n) is 7.18. The van der Waals surface area contributed by atoms with Gasteiger partial charge in [0.05, 0.1) is 6.04 Å². The third kappa shape index (κ3) is 3.24. The van der Waals surface area contributed by atoms with Gasteiger partial charge in [-0.25, -0.2) is 4.79 Å². The quantitative estimate of drug-likeness (QED) is 0.684. The number of hydrogen-bond acceptors (Lipinski definition) is 4. The molecule has 2 aliphatic rings. The molecule has 1 spiro atoms.